The van der Waals surface area contributed by atoms with Gasteiger partial charge in [0.05, 0.1) is 18.3 Å². The fourth-order valence-corrected chi connectivity index (χ4v) is 1.88. The van der Waals surface area contributed by atoms with Crippen molar-refractivity contribution in [1.82, 2.24) is 0 Å². The van der Waals surface area contributed by atoms with Crippen LogP contribution in [0.15, 0.2) is 0 Å². The summed E-state index contributed by atoms with van der Waals surface area (Å²) in [5, 5.41) is 9.81. The molecule has 0 aliphatic carbocycles. The monoisotopic (exact) mass is 248 g/mol. The van der Waals surface area contributed by atoms with E-state index >= 15 is 0 Å². The predicted octanol–water partition coefficient (Wildman–Crippen LogP) is 2.31. The molecule has 1 N–H and O–H groups in total. The molecule has 1 fully saturated rings. The number of ether oxygens (including phenoxy) is 2. The summed E-state index contributed by atoms with van der Waals surface area (Å²) in [6, 6.07) is 0. The smallest absolute Gasteiger partial charge is 0.155 e. The van der Waals surface area contributed by atoms with Crippen molar-refractivity contribution in [2.75, 3.05) is 6.61 Å². The Hall–Kier alpha value is -0.190. The van der Waals surface area contributed by atoms with Crippen LogP contribution in [-0.2, 0) is 9.47 Å². The first-order valence-corrected chi connectivity index (χ1v) is 6.14. The largest absolute Gasteiger partial charge is 0.387 e. The number of halogens is 1. The van der Waals surface area contributed by atoms with Gasteiger partial charge in [0.15, 0.2) is 6.17 Å². The minimum atomic E-state index is -1.34. The average Bonchev–Trinajstić information content (AvgIpc) is 2.39. The molecule has 0 spiro atoms. The van der Waals surface area contributed by atoms with Gasteiger partial charge >= 0.3 is 0 Å². The van der Waals surface area contributed by atoms with E-state index in [0.29, 0.717) is 0 Å². The normalized spacial score (nSPS) is 35.3. The highest BCUT2D eigenvalue weighted by Gasteiger charge is 2.49. The Bertz CT molecular complexity index is 254. The highest BCUT2D eigenvalue weighted by molar-refractivity contribution is 4.96. The van der Waals surface area contributed by atoms with E-state index in [1.165, 1.54) is 0 Å². The van der Waals surface area contributed by atoms with Crippen molar-refractivity contribution in [2.24, 2.45) is 5.41 Å². The van der Waals surface area contributed by atoms with E-state index in [1.807, 2.05) is 41.5 Å². The molecule has 0 bridgehead atoms. The lowest BCUT2D eigenvalue weighted by molar-refractivity contribution is -0.102. The van der Waals surface area contributed by atoms with E-state index in [-0.39, 0.29) is 17.6 Å². The highest BCUT2D eigenvalue weighted by Crippen LogP contribution is 2.36. The number of aliphatic hydroxyl groups excluding tert-OH is 1. The number of rotatable bonds is 2. The average molecular weight is 248 g/mol. The van der Waals surface area contributed by atoms with Crippen LogP contribution < -0.4 is 0 Å². The maximum Gasteiger partial charge on any atom is 0.155 e. The Kier molecular flexibility index (Phi) is 4.22. The van der Waals surface area contributed by atoms with Crippen molar-refractivity contribution in [1.29, 1.82) is 0 Å². The number of hydrogen-bond donors (Lipinski definition) is 1. The molecule has 1 aliphatic heterocycles. The second kappa shape index (κ2) is 4.82. The van der Waals surface area contributed by atoms with Crippen molar-refractivity contribution < 1.29 is 19.0 Å². The summed E-state index contributed by atoms with van der Waals surface area (Å²) in [5.74, 6) is 0. The molecule has 3 nitrogen and oxygen atoms in total. The standard InChI is InChI=1S/C13H25FO3/c1-12(2,3)11-9(14)10(15)8(17-11)7-16-13(4,5)6/h8-11,15H,7H2,1-6H3. The fourth-order valence-electron chi connectivity index (χ4n) is 1.88. The first-order valence-electron chi connectivity index (χ1n) is 6.14. The molecular formula is C13H25FO3. The molecule has 0 aromatic rings. The van der Waals surface area contributed by atoms with E-state index in [4.69, 9.17) is 9.47 Å². The summed E-state index contributed by atoms with van der Waals surface area (Å²) >= 11 is 0. The van der Waals surface area contributed by atoms with Crippen LogP contribution in [0.1, 0.15) is 41.5 Å². The van der Waals surface area contributed by atoms with Gasteiger partial charge in [0, 0.05) is 0 Å². The second-order valence-corrected chi connectivity index (χ2v) is 6.82. The summed E-state index contributed by atoms with van der Waals surface area (Å²) in [6.45, 7) is 11.7. The van der Waals surface area contributed by atoms with Crippen LogP contribution in [0.25, 0.3) is 0 Å². The Morgan fingerprint density at radius 3 is 2.06 bits per heavy atom. The molecule has 0 aromatic carbocycles. The molecule has 0 radical (unpaired) electrons. The van der Waals surface area contributed by atoms with Crippen molar-refractivity contribution in [2.45, 2.75) is 71.6 Å². The van der Waals surface area contributed by atoms with Crippen LogP contribution in [-0.4, -0.2) is 41.8 Å². The Morgan fingerprint density at radius 1 is 1.18 bits per heavy atom. The molecule has 0 amide bonds. The number of aliphatic hydroxyl groups is 1. The Labute approximate surface area is 103 Å². The van der Waals surface area contributed by atoms with Crippen molar-refractivity contribution in [3.05, 3.63) is 0 Å². The summed E-state index contributed by atoms with van der Waals surface area (Å²) in [5.41, 5.74) is -0.633. The summed E-state index contributed by atoms with van der Waals surface area (Å²) in [4.78, 5) is 0. The van der Waals surface area contributed by atoms with Crippen LogP contribution in [0, 0.1) is 5.41 Å². The van der Waals surface area contributed by atoms with Gasteiger partial charge in [-0.1, -0.05) is 20.8 Å². The van der Waals surface area contributed by atoms with Gasteiger partial charge in [-0.15, -0.1) is 0 Å². The summed E-state index contributed by atoms with van der Waals surface area (Å²) in [7, 11) is 0. The molecule has 17 heavy (non-hydrogen) atoms. The van der Waals surface area contributed by atoms with Gasteiger partial charge in [-0.3, -0.25) is 0 Å². The first kappa shape index (κ1) is 14.9. The molecule has 4 atom stereocenters. The third kappa shape index (κ3) is 3.90. The van der Waals surface area contributed by atoms with Crippen molar-refractivity contribution >= 4 is 0 Å². The van der Waals surface area contributed by atoms with Gasteiger partial charge in [0.25, 0.3) is 0 Å². The van der Waals surface area contributed by atoms with Crippen LogP contribution in [0.3, 0.4) is 0 Å². The Morgan fingerprint density at radius 2 is 1.71 bits per heavy atom. The molecule has 102 valence electrons. The predicted molar refractivity (Wildman–Crippen MR) is 64.7 cm³/mol. The molecule has 0 saturated carbocycles. The Balaban J connectivity index is 2.60. The van der Waals surface area contributed by atoms with E-state index in [1.54, 1.807) is 0 Å². The molecule has 4 unspecified atom stereocenters. The van der Waals surface area contributed by atoms with E-state index in [0.717, 1.165) is 0 Å². The lowest BCUT2D eigenvalue weighted by Crippen LogP contribution is -2.36. The van der Waals surface area contributed by atoms with E-state index < -0.39 is 24.5 Å². The van der Waals surface area contributed by atoms with Gasteiger partial charge in [0.2, 0.25) is 0 Å². The first-order chi connectivity index (χ1) is 7.52. The molecule has 4 heteroatoms. The summed E-state index contributed by atoms with van der Waals surface area (Å²) in [6.07, 6.45) is -3.59. The summed E-state index contributed by atoms with van der Waals surface area (Å²) < 4.78 is 25.1. The van der Waals surface area contributed by atoms with Crippen LogP contribution >= 0.6 is 0 Å². The molecule has 1 heterocycles. The topological polar surface area (TPSA) is 38.7 Å². The lowest BCUT2D eigenvalue weighted by atomic mass is 9.86. The van der Waals surface area contributed by atoms with Crippen molar-refractivity contribution in [3.63, 3.8) is 0 Å². The second-order valence-electron chi connectivity index (χ2n) is 6.82. The highest BCUT2D eigenvalue weighted by atomic mass is 19.1. The van der Waals surface area contributed by atoms with Crippen molar-refractivity contribution in [3.8, 4) is 0 Å². The zero-order valence-corrected chi connectivity index (χ0v) is 11.7. The quantitative estimate of drug-likeness (QED) is 0.815. The molecule has 1 rings (SSSR count). The van der Waals surface area contributed by atoms with Gasteiger partial charge in [-0.25, -0.2) is 4.39 Å². The third-order valence-electron chi connectivity index (χ3n) is 2.85. The van der Waals surface area contributed by atoms with Crippen LogP contribution in [0.5, 0.6) is 0 Å². The SMILES string of the molecule is CC(C)(C)OCC1OC(C(C)(C)C)C(F)C1O. The van der Waals surface area contributed by atoms with E-state index in [2.05, 4.69) is 0 Å². The van der Waals surface area contributed by atoms with Crippen LogP contribution in [0.2, 0.25) is 0 Å². The zero-order valence-electron chi connectivity index (χ0n) is 11.7. The molecule has 0 aromatic heterocycles. The number of hydrogen-bond acceptors (Lipinski definition) is 3. The van der Waals surface area contributed by atoms with Gasteiger partial charge in [0.1, 0.15) is 12.2 Å². The van der Waals surface area contributed by atoms with Gasteiger partial charge in [-0.2, -0.15) is 0 Å². The maximum atomic E-state index is 13.9. The van der Waals surface area contributed by atoms with Gasteiger partial charge < -0.3 is 14.6 Å². The molecule has 1 saturated heterocycles. The maximum absolute atomic E-state index is 13.9. The minimum Gasteiger partial charge on any atom is -0.387 e. The third-order valence-corrected chi connectivity index (χ3v) is 2.85. The zero-order chi connectivity index (χ0) is 13.4. The minimum absolute atomic E-state index is 0.220. The van der Waals surface area contributed by atoms with Crippen LogP contribution in [0.4, 0.5) is 4.39 Å². The molecular weight excluding hydrogens is 223 g/mol. The van der Waals surface area contributed by atoms with E-state index in [9.17, 15) is 9.50 Å². The number of alkyl halides is 1. The molecule has 1 aliphatic rings. The fraction of sp³-hybridized carbons (Fsp3) is 1.00. The van der Waals surface area contributed by atoms with Gasteiger partial charge in [-0.05, 0) is 26.2 Å². The lowest BCUT2D eigenvalue weighted by Gasteiger charge is -2.28.